The molecule has 0 saturated heterocycles. The topological polar surface area (TPSA) is 57.2 Å². The van der Waals surface area contributed by atoms with E-state index in [1.54, 1.807) is 0 Å². The smallest absolute Gasteiger partial charge is 0.396 e. The molecule has 0 aliphatic heterocycles. The summed E-state index contributed by atoms with van der Waals surface area (Å²) in [4.78, 5) is 0. The highest BCUT2D eigenvalue weighted by atomic mass is 32.2. The molecule has 4 rings (SSSR count). The minimum absolute atomic E-state index is 0.0442. The van der Waals surface area contributed by atoms with Crippen molar-refractivity contribution in [2.75, 3.05) is 0 Å². The molecule has 3 nitrogen and oxygen atoms in total. The van der Waals surface area contributed by atoms with Gasteiger partial charge in [0.25, 0.3) is 0 Å². The summed E-state index contributed by atoms with van der Waals surface area (Å²) in [5.74, 6) is -4.93. The van der Waals surface area contributed by atoms with Crippen molar-refractivity contribution >= 4 is 10.1 Å². The van der Waals surface area contributed by atoms with Gasteiger partial charge in [-0.2, -0.15) is 17.6 Å². The van der Waals surface area contributed by atoms with Crippen molar-refractivity contribution in [3.05, 3.63) is 0 Å². The first kappa shape index (κ1) is 14.6. The molecule has 20 heavy (non-hydrogen) atoms. The van der Waals surface area contributed by atoms with Crippen molar-refractivity contribution in [3.63, 3.8) is 0 Å². The summed E-state index contributed by atoms with van der Waals surface area (Å²) in [7, 11) is -6.39. The molecule has 116 valence electrons. The predicted octanol–water partition coefficient (Wildman–Crippen LogP) is 2.98. The molecule has 0 aromatic carbocycles. The highest BCUT2D eigenvalue weighted by molar-refractivity contribution is 7.86. The normalized spacial score (nSPS) is 41.1. The molecule has 8 heteroatoms. The molecule has 0 radical (unpaired) electrons. The standard InChI is InChI=1S/C12H16F4O3S/c13-11(14,12(15,16)20(17,18)19)10-4-7-1-8(5-10)3-9(2-7)6-10/h7-9H,1-6H2,(H,17,18,19)/p-1. The molecule has 0 heterocycles. The number of alkyl halides is 4. The summed E-state index contributed by atoms with van der Waals surface area (Å²) in [6, 6.07) is 0. The molecule has 0 amide bonds. The molecule has 4 bridgehead atoms. The van der Waals surface area contributed by atoms with Gasteiger partial charge in [-0.15, -0.1) is 0 Å². The number of halogens is 4. The van der Waals surface area contributed by atoms with Gasteiger partial charge in [0.05, 0.1) is 0 Å². The zero-order valence-electron chi connectivity index (χ0n) is 10.6. The van der Waals surface area contributed by atoms with Crippen LogP contribution in [0.1, 0.15) is 38.5 Å². The summed E-state index contributed by atoms with van der Waals surface area (Å²) in [5.41, 5.74) is -2.03. The molecule has 4 aliphatic rings. The van der Waals surface area contributed by atoms with Crippen LogP contribution in [-0.4, -0.2) is 24.1 Å². The van der Waals surface area contributed by atoms with Gasteiger partial charge in [-0.25, -0.2) is 8.42 Å². The van der Waals surface area contributed by atoms with Gasteiger partial charge < -0.3 is 4.55 Å². The second-order valence-corrected chi connectivity index (χ2v) is 8.16. The maximum absolute atomic E-state index is 14.3. The first-order chi connectivity index (χ1) is 8.98. The molecule has 0 atom stereocenters. The Morgan fingerprint density at radius 3 is 1.55 bits per heavy atom. The molecular weight excluding hydrogens is 300 g/mol. The van der Waals surface area contributed by atoms with Crippen LogP contribution < -0.4 is 0 Å². The lowest BCUT2D eigenvalue weighted by atomic mass is 9.48. The molecule has 4 fully saturated rings. The largest absolute Gasteiger partial charge is 0.743 e. The monoisotopic (exact) mass is 315 g/mol. The van der Waals surface area contributed by atoms with E-state index in [-0.39, 0.29) is 37.0 Å². The van der Waals surface area contributed by atoms with Crippen LogP contribution in [0.4, 0.5) is 17.6 Å². The van der Waals surface area contributed by atoms with Gasteiger partial charge in [-0.1, -0.05) is 0 Å². The zero-order chi connectivity index (χ0) is 15.0. The summed E-state index contributed by atoms with van der Waals surface area (Å²) < 4.78 is 87.6. The number of rotatable bonds is 3. The third kappa shape index (κ3) is 1.70. The fraction of sp³-hybridized carbons (Fsp3) is 1.00. The Kier molecular flexibility index (Phi) is 2.83. The Morgan fingerprint density at radius 1 is 0.900 bits per heavy atom. The van der Waals surface area contributed by atoms with Crippen molar-refractivity contribution in [2.24, 2.45) is 23.2 Å². The van der Waals surface area contributed by atoms with Crippen molar-refractivity contribution in [2.45, 2.75) is 49.7 Å². The minimum Gasteiger partial charge on any atom is -0.743 e. The predicted molar refractivity (Wildman–Crippen MR) is 60.2 cm³/mol. The molecule has 0 aromatic rings. The van der Waals surface area contributed by atoms with Gasteiger partial charge in [-0.05, 0) is 56.3 Å². The van der Waals surface area contributed by atoms with E-state index in [2.05, 4.69) is 0 Å². The second-order valence-electron chi connectivity index (χ2n) is 6.74. The number of hydrogen-bond acceptors (Lipinski definition) is 3. The van der Waals surface area contributed by atoms with E-state index in [1.165, 1.54) is 0 Å². The fourth-order valence-corrected chi connectivity index (χ4v) is 5.49. The van der Waals surface area contributed by atoms with E-state index >= 15 is 0 Å². The highest BCUT2D eigenvalue weighted by Gasteiger charge is 2.74. The Bertz CT molecular complexity index is 494. The second kappa shape index (κ2) is 3.88. The quantitative estimate of drug-likeness (QED) is 0.594. The van der Waals surface area contributed by atoms with Crippen molar-refractivity contribution in [1.82, 2.24) is 0 Å². The zero-order valence-corrected chi connectivity index (χ0v) is 11.4. The first-order valence-corrected chi connectivity index (χ1v) is 8.10. The Balaban J connectivity index is 2.03. The average Bonchev–Trinajstić information content (AvgIpc) is 2.24. The summed E-state index contributed by atoms with van der Waals surface area (Å²) in [6.45, 7) is 0. The summed E-state index contributed by atoms with van der Waals surface area (Å²) in [6.07, 6.45) is 1.96. The minimum atomic E-state index is -6.39. The van der Waals surface area contributed by atoms with Gasteiger partial charge in [0.15, 0.2) is 10.1 Å². The van der Waals surface area contributed by atoms with Crippen LogP contribution in [0.2, 0.25) is 0 Å². The van der Waals surface area contributed by atoms with E-state index in [0.29, 0.717) is 0 Å². The Labute approximate surface area is 114 Å². The van der Waals surface area contributed by atoms with Crippen molar-refractivity contribution in [3.8, 4) is 0 Å². The number of hydrogen-bond donors (Lipinski definition) is 0. The Hall–Kier alpha value is -0.370. The van der Waals surface area contributed by atoms with Crippen molar-refractivity contribution < 1.29 is 30.5 Å². The van der Waals surface area contributed by atoms with Gasteiger partial charge in [0, 0.05) is 5.41 Å². The molecule has 4 aliphatic carbocycles. The summed E-state index contributed by atoms with van der Waals surface area (Å²) in [5, 5.41) is -5.54. The van der Waals surface area contributed by atoms with E-state index in [1.807, 2.05) is 0 Å². The first-order valence-electron chi connectivity index (χ1n) is 6.69. The van der Waals surface area contributed by atoms with E-state index in [0.717, 1.165) is 19.3 Å². The molecular formula is C12H15F4O3S-. The SMILES string of the molecule is O=S(=O)([O-])C(F)(F)C(F)(F)C12CC3CC(CC(C3)C1)C2. The third-order valence-corrected chi connectivity index (χ3v) is 6.27. The van der Waals surface area contributed by atoms with E-state index in [9.17, 15) is 30.5 Å². The molecule has 0 unspecified atom stereocenters. The van der Waals surface area contributed by atoms with E-state index in [4.69, 9.17) is 0 Å². The average molecular weight is 315 g/mol. The van der Waals surface area contributed by atoms with Crippen LogP contribution in [0.5, 0.6) is 0 Å². The van der Waals surface area contributed by atoms with Crippen molar-refractivity contribution in [1.29, 1.82) is 0 Å². The van der Waals surface area contributed by atoms with Crippen LogP contribution in [0.15, 0.2) is 0 Å². The maximum atomic E-state index is 14.3. The molecule has 4 saturated carbocycles. The molecule has 0 spiro atoms. The molecule has 0 N–H and O–H groups in total. The van der Waals surface area contributed by atoms with Gasteiger partial charge >= 0.3 is 11.2 Å². The van der Waals surface area contributed by atoms with Gasteiger partial charge in [0.1, 0.15) is 0 Å². The van der Waals surface area contributed by atoms with Crippen LogP contribution in [0.3, 0.4) is 0 Å². The van der Waals surface area contributed by atoms with E-state index < -0.39 is 26.7 Å². The van der Waals surface area contributed by atoms with Crippen LogP contribution in [0, 0.1) is 23.2 Å². The lowest BCUT2D eigenvalue weighted by Crippen LogP contribution is -2.63. The molecule has 0 aromatic heterocycles. The maximum Gasteiger partial charge on any atom is 0.396 e. The highest BCUT2D eigenvalue weighted by Crippen LogP contribution is 2.67. The third-order valence-electron chi connectivity index (χ3n) is 5.38. The van der Waals surface area contributed by atoms with Gasteiger partial charge in [-0.3, -0.25) is 0 Å². The lowest BCUT2D eigenvalue weighted by Gasteiger charge is -2.59. The van der Waals surface area contributed by atoms with Crippen LogP contribution in [-0.2, 0) is 10.1 Å². The fourth-order valence-electron chi connectivity index (χ4n) is 4.96. The Morgan fingerprint density at radius 2 is 1.25 bits per heavy atom. The summed E-state index contributed by atoms with van der Waals surface area (Å²) >= 11 is 0. The van der Waals surface area contributed by atoms with Crippen LogP contribution in [0.25, 0.3) is 0 Å². The lowest BCUT2D eigenvalue weighted by molar-refractivity contribution is -0.273. The van der Waals surface area contributed by atoms with Crippen LogP contribution >= 0.6 is 0 Å². The van der Waals surface area contributed by atoms with Gasteiger partial charge in [0.2, 0.25) is 0 Å².